The van der Waals surface area contributed by atoms with Crippen LogP contribution in [0.15, 0.2) is 109 Å². The van der Waals surface area contributed by atoms with Gasteiger partial charge in [0, 0.05) is 47.3 Å². The molecule has 8 heterocycles. The first-order valence-corrected chi connectivity index (χ1v) is 41.2. The number of nitrogens with one attached hydrogen (secondary N) is 8. The van der Waals surface area contributed by atoms with Gasteiger partial charge in [-0.05, 0) is 135 Å². The first-order valence-electron chi connectivity index (χ1n) is 40.4. The summed E-state index contributed by atoms with van der Waals surface area (Å²) < 4.78 is 57.7. The van der Waals surface area contributed by atoms with Gasteiger partial charge in [0.25, 0.3) is 0 Å². The molecule has 39 nitrogen and oxygen atoms in total. The normalized spacial score (nSPS) is 31.6. The molecule has 11 bridgehead atoms. The number of carboxylic acids is 1. The Labute approximate surface area is 724 Å². The summed E-state index contributed by atoms with van der Waals surface area (Å²) in [6.07, 6.45) is -27.1. The lowest BCUT2D eigenvalue weighted by Crippen LogP contribution is -2.65. The van der Waals surface area contributed by atoms with Crippen LogP contribution in [-0.4, -0.2) is 251 Å². The monoisotopic (exact) mass is 1780 g/mol. The Hall–Kier alpha value is -10.2. The molecule has 0 spiro atoms. The second kappa shape index (κ2) is 38.9. The molecule has 24 N–H and O–H groups in total. The average molecular weight is 1780 g/mol. The van der Waals surface area contributed by atoms with Gasteiger partial charge in [0.05, 0.1) is 54.0 Å². The van der Waals surface area contributed by atoms with Crippen molar-refractivity contribution in [2.45, 2.75) is 225 Å². The van der Waals surface area contributed by atoms with E-state index in [1.807, 2.05) is 44.2 Å². The van der Waals surface area contributed by atoms with Crippen molar-refractivity contribution in [2.24, 2.45) is 17.4 Å². The molecule has 674 valence electrons. The van der Waals surface area contributed by atoms with E-state index in [-0.39, 0.29) is 54.1 Å². The van der Waals surface area contributed by atoms with Crippen molar-refractivity contribution >= 4 is 70.5 Å². The van der Waals surface area contributed by atoms with E-state index in [1.54, 1.807) is 0 Å². The average Bonchev–Trinajstić information content (AvgIpc) is 0.857. The number of rotatable bonds is 21. The molecule has 0 aromatic heterocycles. The maximum Gasteiger partial charge on any atom is 0.330 e. The Kier molecular flexibility index (Phi) is 28.8. The largest absolute Gasteiger partial charge is 0.508 e. The van der Waals surface area contributed by atoms with Crippen molar-refractivity contribution in [1.29, 1.82) is 0 Å². The lowest BCUT2D eigenvalue weighted by molar-refractivity contribution is -0.350. The third-order valence-electron chi connectivity index (χ3n) is 23.0. The van der Waals surface area contributed by atoms with E-state index in [2.05, 4.69) is 42.5 Å². The molecule has 8 aliphatic heterocycles. The molecule has 3 saturated heterocycles. The number of ether oxygens (including phenoxy) is 9. The minimum atomic E-state index is -2.42. The molecule has 9 aliphatic rings. The molecule has 2 unspecified atom stereocenters. The van der Waals surface area contributed by atoms with Crippen LogP contribution in [0.3, 0.4) is 0 Å². The van der Waals surface area contributed by atoms with Gasteiger partial charge < -0.3 is 158 Å². The number of aliphatic carboxylic acids is 1. The van der Waals surface area contributed by atoms with Crippen molar-refractivity contribution < 1.29 is 142 Å². The number of phenols is 3. The number of likely N-dealkylation sites (N-methyl/N-ethyl adjacent to an activating group) is 1. The summed E-state index contributed by atoms with van der Waals surface area (Å²) in [7, 11) is 1.46. The maximum absolute atomic E-state index is 16.4. The van der Waals surface area contributed by atoms with Gasteiger partial charge in [0.15, 0.2) is 30.1 Å². The van der Waals surface area contributed by atoms with Gasteiger partial charge in [-0.1, -0.05) is 85.6 Å². The van der Waals surface area contributed by atoms with Gasteiger partial charge in [-0.25, -0.2) is 4.79 Å². The van der Waals surface area contributed by atoms with Gasteiger partial charge in [0.2, 0.25) is 53.4 Å². The van der Waals surface area contributed by atoms with Crippen molar-refractivity contribution in [3.05, 3.63) is 153 Å². The molecule has 41 heteroatoms. The smallest absolute Gasteiger partial charge is 0.330 e. The maximum atomic E-state index is 16.4. The second-order valence-corrected chi connectivity index (χ2v) is 33.4. The quantitative estimate of drug-likeness (QED) is 0.0471. The highest BCUT2D eigenvalue weighted by Crippen LogP contribution is 2.50. The fourth-order valence-corrected chi connectivity index (χ4v) is 16.9. The molecular weight excluding hydrogens is 1680 g/mol. The van der Waals surface area contributed by atoms with Crippen LogP contribution < -0.4 is 68.2 Å². The number of aromatic hydroxyl groups is 3. The number of aliphatic hydroxyl groups excluding tert-OH is 8. The van der Waals surface area contributed by atoms with Gasteiger partial charge in [-0.15, -0.1) is 0 Å². The number of carbonyl (C=O) groups is 8. The third kappa shape index (κ3) is 20.4. The van der Waals surface area contributed by atoms with E-state index in [9.17, 15) is 75.7 Å². The van der Waals surface area contributed by atoms with Gasteiger partial charge in [0.1, 0.15) is 120 Å². The second-order valence-electron chi connectivity index (χ2n) is 32.6. The SMILES string of the molecule is CN[C@H](CC(C)C)C(=O)NC1C(=O)N[C@@H](CC(N)=O)C(=O)N[C@H]2C(=O)N[C@@H]3C(=O)N[C@H](C(=O)N[C@H](C(=O)O)c4cc(O)cc(O)c4-c4cc3ccc4O)[C@H](O[C@H]3C[C@](C)(N)[C@@H](O)[C@H](C)O3)c3ccc(c(Cl)c3)Oc3cc2cc(c3O[C@@H]2O[C@H](CO)[C@@H](O[C@@H]3O[C@H](CNC4CCC[C@H]4OCc4ccccc4)[C@H](O)[C@H](O)[C@H]3O)[C@H](O)[C@H]2O)Oc2ccc(cc2Cl)[C@H]1O. The Morgan fingerprint density at radius 2 is 1.30 bits per heavy atom. The summed E-state index contributed by atoms with van der Waals surface area (Å²) in [6.45, 7) is 5.62. The lowest BCUT2D eigenvalue weighted by Gasteiger charge is -2.46. The number of primary amides is 1. The summed E-state index contributed by atoms with van der Waals surface area (Å²) in [6, 6.07) is 8.31. The van der Waals surface area contributed by atoms with E-state index in [0.717, 1.165) is 78.7 Å². The predicted octanol–water partition coefficient (Wildman–Crippen LogP) is 0.666. The summed E-state index contributed by atoms with van der Waals surface area (Å²) in [4.78, 5) is 120. The van der Waals surface area contributed by atoms with Crippen LogP contribution in [0, 0.1) is 5.92 Å². The summed E-state index contributed by atoms with van der Waals surface area (Å²) in [5, 5.41) is 160. The number of carbonyl (C=O) groups excluding carboxylic acids is 7. The number of hydrogen-bond donors (Lipinski definition) is 22. The Bertz CT molecular complexity index is 5000. The van der Waals surface area contributed by atoms with Gasteiger partial charge in [-0.2, -0.15) is 0 Å². The van der Waals surface area contributed by atoms with E-state index in [1.165, 1.54) is 33.0 Å². The zero-order valence-electron chi connectivity index (χ0n) is 67.9. The number of amides is 7. The fraction of sp³-hybridized carbons (Fsp3) is 0.476. The lowest BCUT2D eigenvalue weighted by atomic mass is 9.86. The minimum absolute atomic E-state index is 0.127. The predicted molar refractivity (Wildman–Crippen MR) is 436 cm³/mol. The van der Waals surface area contributed by atoms with Gasteiger partial charge in [-0.3, -0.25) is 33.6 Å². The molecule has 6 aromatic carbocycles. The number of phenolic OH excluding ortho intramolecular Hbond substituents is 3. The van der Waals surface area contributed by atoms with Crippen LogP contribution in [0.25, 0.3) is 11.1 Å². The molecule has 0 radical (unpaired) electrons. The molecule has 4 fully saturated rings. The molecule has 7 amide bonds. The highest BCUT2D eigenvalue weighted by atomic mass is 35.5. The van der Waals surface area contributed by atoms with Crippen LogP contribution in [0.2, 0.25) is 10.0 Å². The number of fused-ring (bicyclic) bond motifs is 15. The fourth-order valence-electron chi connectivity index (χ4n) is 16.4. The standard InChI is InChI=1S/C84H100Cl2N10O29/c1-33(2)20-46(89-5)75(109)95-63-65(102)37-15-18-50(43(85)22-37)119-53-24-39-25-54(72(53)124-83-70(107)68(105)73(56(31-97)122-83)125-82-69(106)67(104)66(103)55(121-82)30-90-45-12-9-13-52(45)117-32-35-10-7-6-8-11-35)120-51-19-16-38(23-44(51)86)71(123-58-29-84(4,88)74(108)34(3)118-58)64-80(114)94-62(81(115)116)42-26-40(98)27-49(100)59(42)41-21-36(14-17-48(41)99)60(77(111)96-64)93-78(112)61(39)92-76(110)47(28-57(87)101)91-79(63)113/h6-8,10-11,14-19,21-27,33-34,45-47,52,55-56,58,60-71,73-74,82-83,89-90,97-100,102-108H,9,12-13,20,28-32,88H2,1-5H3,(H2,87,101)(H,91,113)(H,92,110)(H,93,112)(H,94,114)(H,95,109)(H,96,111)(H,115,116)/t34-,45?,46+,47-,52+,55+,56+,58-,60-,61+,62-,63?,64-,65+,66-,67-,68+,69+,70+,71+,73+,74-,82-,83-,84-/m0/s1. The number of hydrogen-bond acceptors (Lipinski definition) is 31. The number of carboxylic acid groups (broad SMARTS) is 1. The molecular formula is C84H100Cl2N10O29. The zero-order valence-corrected chi connectivity index (χ0v) is 69.4. The third-order valence-corrected chi connectivity index (χ3v) is 23.6. The Morgan fingerprint density at radius 3 is 1.95 bits per heavy atom. The molecule has 1 aliphatic carbocycles. The van der Waals surface area contributed by atoms with E-state index in [0.29, 0.717) is 19.4 Å². The molecule has 6 aromatic rings. The molecule has 15 rings (SSSR count). The van der Waals surface area contributed by atoms with Crippen LogP contribution in [-0.2, 0) is 73.4 Å². The summed E-state index contributed by atoms with van der Waals surface area (Å²) in [5.74, 6) is -16.6. The molecule has 125 heavy (non-hydrogen) atoms. The van der Waals surface area contributed by atoms with E-state index >= 15 is 24.0 Å². The van der Waals surface area contributed by atoms with Crippen LogP contribution >= 0.6 is 23.2 Å². The number of benzene rings is 6. The van der Waals surface area contributed by atoms with Crippen LogP contribution in [0.1, 0.15) is 130 Å². The van der Waals surface area contributed by atoms with Crippen molar-refractivity contribution in [1.82, 2.24) is 42.5 Å². The van der Waals surface area contributed by atoms with Crippen molar-refractivity contribution in [3.63, 3.8) is 0 Å². The van der Waals surface area contributed by atoms with Crippen molar-refractivity contribution in [2.75, 3.05) is 20.2 Å². The van der Waals surface area contributed by atoms with Gasteiger partial charge >= 0.3 is 5.97 Å². The highest BCUT2D eigenvalue weighted by molar-refractivity contribution is 6.32. The number of aliphatic hydroxyl groups is 8. The first-order chi connectivity index (χ1) is 59.4. The molecule has 25 atom stereocenters. The summed E-state index contributed by atoms with van der Waals surface area (Å²) >= 11 is 14.5. The minimum Gasteiger partial charge on any atom is -0.508 e. The van der Waals surface area contributed by atoms with E-state index in [4.69, 9.17) is 77.3 Å². The van der Waals surface area contributed by atoms with Crippen molar-refractivity contribution in [3.8, 4) is 57.1 Å². The van der Waals surface area contributed by atoms with E-state index < -0.39 is 279 Å². The highest BCUT2D eigenvalue weighted by Gasteiger charge is 2.54. The number of halogens is 2. The van der Waals surface area contributed by atoms with Crippen LogP contribution in [0.5, 0.6) is 46.0 Å². The molecule has 1 saturated carbocycles. The van der Waals surface area contributed by atoms with Crippen LogP contribution in [0.4, 0.5) is 0 Å². The first kappa shape index (κ1) is 92.4. The Morgan fingerprint density at radius 1 is 0.664 bits per heavy atom. The topological polar surface area (TPSA) is 611 Å². The zero-order chi connectivity index (χ0) is 90.1. The Balaban J connectivity index is 0.968. The number of nitrogens with two attached hydrogens (primary N) is 2. The summed E-state index contributed by atoms with van der Waals surface area (Å²) in [5.41, 5.74) is 8.97.